The highest BCUT2D eigenvalue weighted by Crippen LogP contribution is 2.47. The van der Waals surface area contributed by atoms with Crippen LogP contribution < -0.4 is 15.4 Å². The van der Waals surface area contributed by atoms with Gasteiger partial charge in [0.25, 0.3) is 0 Å². The fourth-order valence-corrected chi connectivity index (χ4v) is 7.41. The lowest BCUT2D eigenvalue weighted by atomic mass is 10.0. The summed E-state index contributed by atoms with van der Waals surface area (Å²) in [5.74, 6) is -1.09. The van der Waals surface area contributed by atoms with Gasteiger partial charge in [-0.2, -0.15) is 0 Å². The van der Waals surface area contributed by atoms with E-state index < -0.39 is 35.6 Å². The van der Waals surface area contributed by atoms with Crippen molar-refractivity contribution in [2.24, 2.45) is 5.92 Å². The summed E-state index contributed by atoms with van der Waals surface area (Å²) in [6.07, 6.45) is 9.71. The van der Waals surface area contributed by atoms with Crippen LogP contribution in [0.15, 0.2) is 36.4 Å². The molecule has 0 aromatic heterocycles. The Morgan fingerprint density at radius 1 is 0.979 bits per heavy atom. The fourth-order valence-electron chi connectivity index (χ4n) is 7.41. The molecule has 1 aliphatic carbocycles. The SMILES string of the molecule is COc1cc2ccccc2cc1CCCCCCOC(=O)N[C@H]1CCCCCCC[C@@H]2C[C@@]2(C(=O)O)NC(=O)[C@@H]2C[C@H](OC)CN2C1=O. The zero-order chi connectivity index (χ0) is 34.1. The number of amides is 3. The van der Waals surface area contributed by atoms with Gasteiger partial charge in [0, 0.05) is 20.1 Å². The number of aryl methyl sites for hydroxylation is 1. The summed E-state index contributed by atoms with van der Waals surface area (Å²) in [5.41, 5.74) is -0.0926. The van der Waals surface area contributed by atoms with Gasteiger partial charge in [0.15, 0.2) is 0 Å². The quantitative estimate of drug-likeness (QED) is 0.272. The Morgan fingerprint density at radius 3 is 2.42 bits per heavy atom. The van der Waals surface area contributed by atoms with E-state index in [-0.39, 0.29) is 37.5 Å². The van der Waals surface area contributed by atoms with Gasteiger partial charge in [-0.1, -0.05) is 69.2 Å². The second-order valence-electron chi connectivity index (χ2n) is 13.6. The second kappa shape index (κ2) is 16.5. The molecule has 5 atom stereocenters. The Morgan fingerprint density at radius 2 is 1.69 bits per heavy atom. The molecule has 11 heteroatoms. The Labute approximate surface area is 283 Å². The van der Waals surface area contributed by atoms with E-state index >= 15 is 0 Å². The zero-order valence-corrected chi connectivity index (χ0v) is 28.3. The van der Waals surface area contributed by atoms with E-state index in [9.17, 15) is 24.3 Å². The summed E-state index contributed by atoms with van der Waals surface area (Å²) < 4.78 is 16.6. The predicted molar refractivity (Wildman–Crippen MR) is 181 cm³/mol. The molecule has 3 amide bonds. The number of hydrogen-bond acceptors (Lipinski definition) is 7. The van der Waals surface area contributed by atoms with Gasteiger partial charge in [-0.05, 0) is 72.9 Å². The van der Waals surface area contributed by atoms with Crippen LogP contribution >= 0.6 is 0 Å². The molecule has 5 rings (SSSR count). The number of carboxylic acids is 1. The Hall–Kier alpha value is -3.86. The van der Waals surface area contributed by atoms with Gasteiger partial charge in [-0.15, -0.1) is 0 Å². The first-order valence-electron chi connectivity index (χ1n) is 17.6. The Kier molecular flexibility index (Phi) is 12.2. The molecule has 2 aromatic carbocycles. The minimum absolute atomic E-state index is 0.106. The standard InChI is InChI=1S/C37H51N3O8/c1-46-29-22-31-33(41)39-37(35(43)44)23-28(37)17-9-4-3-5-10-18-30(34(42)40(31)24-29)38-36(45)48-19-13-7-6-8-16-27-20-25-14-11-12-15-26(25)21-32(27)47-2/h11-12,14-15,20-21,28-31H,3-10,13,16-19,22-24H2,1-2H3,(H,38,45)(H,39,41)(H,43,44)/t28-,29+,30+,31+,37-/m1/s1. The second-order valence-corrected chi connectivity index (χ2v) is 13.6. The summed E-state index contributed by atoms with van der Waals surface area (Å²) in [4.78, 5) is 53.9. The van der Waals surface area contributed by atoms with E-state index in [0.29, 0.717) is 19.3 Å². The number of carboxylic acid groups (broad SMARTS) is 1. The molecule has 0 bridgehead atoms. The summed E-state index contributed by atoms with van der Waals surface area (Å²) in [7, 11) is 3.23. The van der Waals surface area contributed by atoms with E-state index in [4.69, 9.17) is 14.2 Å². The number of ether oxygens (including phenoxy) is 3. The maximum absolute atomic E-state index is 13.9. The molecule has 0 spiro atoms. The summed E-state index contributed by atoms with van der Waals surface area (Å²) in [6.45, 7) is 0.431. The average Bonchev–Trinajstić information content (AvgIpc) is 3.60. The average molecular weight is 666 g/mol. The van der Waals surface area contributed by atoms with Crippen LogP contribution in [0.2, 0.25) is 0 Å². The third-order valence-corrected chi connectivity index (χ3v) is 10.4. The molecule has 2 heterocycles. The van der Waals surface area contributed by atoms with Gasteiger partial charge in [0.2, 0.25) is 11.8 Å². The Balaban J connectivity index is 1.12. The van der Waals surface area contributed by atoms with Crippen molar-refractivity contribution < 1.29 is 38.5 Å². The third kappa shape index (κ3) is 8.59. The number of nitrogens with one attached hydrogen (secondary N) is 2. The van der Waals surface area contributed by atoms with Crippen molar-refractivity contribution in [3.8, 4) is 5.75 Å². The summed E-state index contributed by atoms with van der Waals surface area (Å²) in [6, 6.07) is 10.8. The maximum atomic E-state index is 13.9. The molecule has 48 heavy (non-hydrogen) atoms. The van der Waals surface area contributed by atoms with Crippen molar-refractivity contribution in [3.05, 3.63) is 42.0 Å². The van der Waals surface area contributed by atoms with Crippen LogP contribution in [0.5, 0.6) is 5.75 Å². The number of unbranched alkanes of at least 4 members (excludes halogenated alkanes) is 3. The van der Waals surface area contributed by atoms with Crippen molar-refractivity contribution in [2.75, 3.05) is 27.4 Å². The van der Waals surface area contributed by atoms with Gasteiger partial charge in [-0.3, -0.25) is 9.59 Å². The number of hydrogen-bond donors (Lipinski definition) is 3. The molecule has 2 aromatic rings. The number of aliphatic carboxylic acids is 1. The van der Waals surface area contributed by atoms with Crippen molar-refractivity contribution in [1.82, 2.24) is 15.5 Å². The van der Waals surface area contributed by atoms with E-state index in [2.05, 4.69) is 34.9 Å². The zero-order valence-electron chi connectivity index (χ0n) is 28.3. The van der Waals surface area contributed by atoms with Gasteiger partial charge in [-0.25, -0.2) is 9.59 Å². The highest BCUT2D eigenvalue weighted by molar-refractivity contribution is 5.96. The highest BCUT2D eigenvalue weighted by Gasteiger charge is 2.62. The van der Waals surface area contributed by atoms with Crippen LogP contribution in [0.4, 0.5) is 4.79 Å². The van der Waals surface area contributed by atoms with Crippen LogP contribution in [-0.2, 0) is 30.3 Å². The molecule has 2 saturated heterocycles. The molecular weight excluding hydrogens is 614 g/mol. The van der Waals surface area contributed by atoms with Crippen molar-refractivity contribution in [3.63, 3.8) is 0 Å². The highest BCUT2D eigenvalue weighted by atomic mass is 16.5. The number of rotatable bonds is 11. The van der Waals surface area contributed by atoms with E-state index in [0.717, 1.165) is 75.3 Å². The van der Waals surface area contributed by atoms with Crippen LogP contribution in [0.3, 0.4) is 0 Å². The first-order valence-corrected chi connectivity index (χ1v) is 17.6. The first kappa shape index (κ1) is 35.4. The molecular formula is C37H51N3O8. The largest absolute Gasteiger partial charge is 0.496 e. The van der Waals surface area contributed by atoms with Gasteiger partial charge in [0.05, 0.1) is 19.8 Å². The fraction of sp³-hybridized carbons (Fsp3) is 0.622. The van der Waals surface area contributed by atoms with Gasteiger partial charge < -0.3 is 34.9 Å². The molecule has 11 nitrogen and oxygen atoms in total. The van der Waals surface area contributed by atoms with Crippen LogP contribution in [0.1, 0.15) is 89.0 Å². The monoisotopic (exact) mass is 665 g/mol. The number of nitrogens with zero attached hydrogens (tertiary/aromatic N) is 1. The number of carbonyl (C=O) groups excluding carboxylic acids is 3. The van der Waals surface area contributed by atoms with Crippen LogP contribution in [0.25, 0.3) is 10.8 Å². The normalized spacial score (nSPS) is 26.4. The number of alkyl carbamates (subject to hydrolysis) is 1. The van der Waals surface area contributed by atoms with Crippen molar-refractivity contribution >= 4 is 34.6 Å². The summed E-state index contributed by atoms with van der Waals surface area (Å²) in [5, 5.41) is 17.9. The number of benzene rings is 2. The molecule has 0 radical (unpaired) electrons. The molecule has 3 fully saturated rings. The number of methoxy groups -OCH3 is 2. The van der Waals surface area contributed by atoms with E-state index in [1.807, 2.05) is 12.1 Å². The molecule has 0 unspecified atom stereocenters. The molecule has 3 N–H and O–H groups in total. The lowest BCUT2D eigenvalue weighted by Gasteiger charge is -2.29. The topological polar surface area (TPSA) is 144 Å². The van der Waals surface area contributed by atoms with Gasteiger partial charge >= 0.3 is 12.1 Å². The Bertz CT molecular complexity index is 1450. The van der Waals surface area contributed by atoms with Crippen molar-refractivity contribution in [1.29, 1.82) is 0 Å². The number of carbonyl (C=O) groups is 4. The third-order valence-electron chi connectivity index (χ3n) is 10.4. The molecule has 2 aliphatic heterocycles. The first-order chi connectivity index (χ1) is 23.3. The van der Waals surface area contributed by atoms with E-state index in [1.54, 1.807) is 7.11 Å². The number of fused-ring (bicyclic) bond motifs is 3. The van der Waals surface area contributed by atoms with Crippen molar-refractivity contribution in [2.45, 2.75) is 114 Å². The minimum Gasteiger partial charge on any atom is -0.496 e. The van der Waals surface area contributed by atoms with Crippen LogP contribution in [-0.4, -0.2) is 85.0 Å². The predicted octanol–water partition coefficient (Wildman–Crippen LogP) is 5.37. The van der Waals surface area contributed by atoms with E-state index in [1.165, 1.54) is 23.0 Å². The lowest BCUT2D eigenvalue weighted by molar-refractivity contribution is -0.146. The molecule has 262 valence electrons. The minimum atomic E-state index is -1.28. The lowest BCUT2D eigenvalue weighted by Crippen LogP contribution is -2.56. The summed E-state index contributed by atoms with van der Waals surface area (Å²) >= 11 is 0. The molecule has 1 saturated carbocycles. The smallest absolute Gasteiger partial charge is 0.407 e. The molecule has 3 aliphatic rings. The van der Waals surface area contributed by atoms with Crippen LogP contribution in [0, 0.1) is 5.92 Å². The van der Waals surface area contributed by atoms with Gasteiger partial charge in [0.1, 0.15) is 23.4 Å². The maximum Gasteiger partial charge on any atom is 0.407 e.